The number of rotatable bonds is 5. The van der Waals surface area contributed by atoms with Gasteiger partial charge in [0.25, 0.3) is 0 Å². The molecule has 0 radical (unpaired) electrons. The molecule has 3 N–H and O–H groups in total. The number of amides is 2. The van der Waals surface area contributed by atoms with E-state index in [-0.39, 0.29) is 10.8 Å². The molecule has 8 heteroatoms. The molecule has 0 unspecified atom stereocenters. The van der Waals surface area contributed by atoms with Crippen molar-refractivity contribution < 1.29 is 18.0 Å². The number of nitrogens with zero attached hydrogens (tertiary/aromatic N) is 1. The Hall–Kier alpha value is -2.71. The second-order valence-corrected chi connectivity index (χ2v) is 8.26. The van der Waals surface area contributed by atoms with Crippen molar-refractivity contribution in [2.45, 2.75) is 30.2 Å². The molecule has 1 aliphatic heterocycles. The highest BCUT2D eigenvalue weighted by atomic mass is 32.2. The highest BCUT2D eigenvalue weighted by molar-refractivity contribution is 7.89. The highest BCUT2D eigenvalue weighted by Gasteiger charge is 2.37. The number of benzene rings is 2. The first-order chi connectivity index (χ1) is 12.9. The van der Waals surface area contributed by atoms with Crippen molar-refractivity contribution in [2.75, 3.05) is 11.9 Å². The van der Waals surface area contributed by atoms with Gasteiger partial charge in [0.2, 0.25) is 21.8 Å². The summed E-state index contributed by atoms with van der Waals surface area (Å²) in [5, 5.41) is 2.73. The Morgan fingerprint density at radius 3 is 2.30 bits per heavy atom. The third-order valence-corrected chi connectivity index (χ3v) is 6.47. The molecule has 0 saturated carbocycles. The van der Waals surface area contributed by atoms with Gasteiger partial charge in [0.15, 0.2) is 0 Å². The molecule has 1 fully saturated rings. The first-order valence-electron chi connectivity index (χ1n) is 8.67. The summed E-state index contributed by atoms with van der Waals surface area (Å²) in [6, 6.07) is 13.5. The molecule has 1 aliphatic rings. The first kappa shape index (κ1) is 19.1. The molecular weight excluding hydrogens is 366 g/mol. The number of piperidine rings is 1. The maximum absolute atomic E-state index is 13.0. The molecule has 0 bridgehead atoms. The minimum Gasteiger partial charge on any atom is -0.366 e. The molecule has 1 saturated heterocycles. The van der Waals surface area contributed by atoms with E-state index in [9.17, 15) is 18.0 Å². The summed E-state index contributed by atoms with van der Waals surface area (Å²) in [5.74, 6) is -0.943. The number of hydrogen-bond acceptors (Lipinski definition) is 4. The SMILES string of the molecule is NC(=O)c1ccc(NC(=O)[C@@H]2CCCCN2S(=O)(=O)c2ccccc2)cc1. The zero-order valence-corrected chi connectivity index (χ0v) is 15.5. The molecule has 142 valence electrons. The predicted octanol–water partition coefficient (Wildman–Crippen LogP) is 1.97. The van der Waals surface area contributed by atoms with E-state index in [2.05, 4.69) is 5.32 Å². The summed E-state index contributed by atoms with van der Waals surface area (Å²) in [4.78, 5) is 24.1. The van der Waals surface area contributed by atoms with Crippen LogP contribution >= 0.6 is 0 Å². The molecule has 1 atom stereocenters. The van der Waals surface area contributed by atoms with E-state index in [1.165, 1.54) is 28.6 Å². The second-order valence-electron chi connectivity index (χ2n) is 6.37. The number of sulfonamides is 1. The lowest BCUT2D eigenvalue weighted by molar-refractivity contribution is -0.120. The molecule has 7 nitrogen and oxygen atoms in total. The number of anilines is 1. The van der Waals surface area contributed by atoms with Crippen LogP contribution in [0, 0.1) is 0 Å². The molecule has 2 aromatic carbocycles. The lowest BCUT2D eigenvalue weighted by Crippen LogP contribution is -2.49. The normalized spacial score (nSPS) is 18.0. The van der Waals surface area contributed by atoms with Crippen LogP contribution in [0.1, 0.15) is 29.6 Å². The van der Waals surface area contributed by atoms with Crippen molar-refractivity contribution in [3.8, 4) is 0 Å². The minimum atomic E-state index is -3.76. The zero-order chi connectivity index (χ0) is 19.4. The van der Waals surface area contributed by atoms with Crippen LogP contribution in [-0.2, 0) is 14.8 Å². The van der Waals surface area contributed by atoms with Crippen molar-refractivity contribution in [2.24, 2.45) is 5.73 Å². The quantitative estimate of drug-likeness (QED) is 0.817. The van der Waals surface area contributed by atoms with Crippen LogP contribution < -0.4 is 11.1 Å². The minimum absolute atomic E-state index is 0.176. The molecule has 0 aliphatic carbocycles. The monoisotopic (exact) mass is 387 g/mol. The molecule has 27 heavy (non-hydrogen) atoms. The van der Waals surface area contributed by atoms with Crippen LogP contribution in [0.5, 0.6) is 0 Å². The van der Waals surface area contributed by atoms with Gasteiger partial charge in [0, 0.05) is 17.8 Å². The fourth-order valence-electron chi connectivity index (χ4n) is 3.13. The van der Waals surface area contributed by atoms with Crippen molar-refractivity contribution in [1.29, 1.82) is 0 Å². The van der Waals surface area contributed by atoms with Crippen LogP contribution in [0.25, 0.3) is 0 Å². The van der Waals surface area contributed by atoms with Gasteiger partial charge >= 0.3 is 0 Å². The van der Waals surface area contributed by atoms with Crippen LogP contribution in [-0.4, -0.2) is 37.1 Å². The van der Waals surface area contributed by atoms with Gasteiger partial charge in [-0.25, -0.2) is 8.42 Å². The van der Waals surface area contributed by atoms with Crippen molar-refractivity contribution >= 4 is 27.5 Å². The first-order valence-corrected chi connectivity index (χ1v) is 10.1. The van der Waals surface area contributed by atoms with E-state index >= 15 is 0 Å². The summed E-state index contributed by atoms with van der Waals surface area (Å²) < 4.78 is 27.2. The Bertz CT molecular complexity index is 927. The number of carbonyl (C=O) groups excluding carboxylic acids is 2. The van der Waals surface area contributed by atoms with E-state index in [0.717, 1.165) is 6.42 Å². The van der Waals surface area contributed by atoms with Crippen molar-refractivity contribution in [1.82, 2.24) is 4.31 Å². The van der Waals surface area contributed by atoms with Crippen LogP contribution in [0.3, 0.4) is 0 Å². The molecule has 2 aromatic rings. The van der Waals surface area contributed by atoms with Crippen molar-refractivity contribution in [3.63, 3.8) is 0 Å². The molecule has 1 heterocycles. The Morgan fingerprint density at radius 2 is 1.67 bits per heavy atom. The van der Waals surface area contributed by atoms with Gasteiger partial charge in [-0.2, -0.15) is 4.31 Å². The van der Waals surface area contributed by atoms with Gasteiger partial charge in [-0.1, -0.05) is 24.6 Å². The van der Waals surface area contributed by atoms with E-state index in [0.29, 0.717) is 30.6 Å². The maximum atomic E-state index is 13.0. The number of nitrogens with one attached hydrogen (secondary N) is 1. The second kappa shape index (κ2) is 7.89. The highest BCUT2D eigenvalue weighted by Crippen LogP contribution is 2.26. The largest absolute Gasteiger partial charge is 0.366 e. The van der Waals surface area contributed by atoms with Gasteiger partial charge in [-0.15, -0.1) is 0 Å². The van der Waals surface area contributed by atoms with Crippen LogP contribution in [0.4, 0.5) is 5.69 Å². The standard InChI is InChI=1S/C19H21N3O4S/c20-18(23)14-9-11-15(12-10-14)21-19(24)17-8-4-5-13-22(17)27(25,26)16-6-2-1-3-7-16/h1-3,6-7,9-12,17H,4-5,8,13H2,(H2,20,23)(H,21,24)/t17-/m0/s1. The number of hydrogen-bond donors (Lipinski definition) is 2. The number of nitrogens with two attached hydrogens (primary N) is 1. The molecule has 3 rings (SSSR count). The molecule has 0 spiro atoms. The molecular formula is C19H21N3O4S. The average molecular weight is 387 g/mol. The lowest BCUT2D eigenvalue weighted by atomic mass is 10.0. The molecule has 2 amide bonds. The fraction of sp³-hybridized carbons (Fsp3) is 0.263. The smallest absolute Gasteiger partial charge is 0.248 e. The van der Waals surface area contributed by atoms with Gasteiger partial charge in [-0.3, -0.25) is 9.59 Å². The zero-order valence-electron chi connectivity index (χ0n) is 14.7. The van der Waals surface area contributed by atoms with Crippen molar-refractivity contribution in [3.05, 3.63) is 60.2 Å². The van der Waals surface area contributed by atoms with Gasteiger partial charge in [-0.05, 0) is 49.2 Å². The fourth-order valence-corrected chi connectivity index (χ4v) is 4.80. The predicted molar refractivity (Wildman–Crippen MR) is 102 cm³/mol. The third-order valence-electron chi connectivity index (χ3n) is 4.54. The topological polar surface area (TPSA) is 110 Å². The number of carbonyl (C=O) groups is 2. The van der Waals surface area contributed by atoms with E-state index in [1.54, 1.807) is 30.3 Å². The maximum Gasteiger partial charge on any atom is 0.248 e. The van der Waals surface area contributed by atoms with Crippen LogP contribution in [0.15, 0.2) is 59.5 Å². The molecule has 0 aromatic heterocycles. The Balaban J connectivity index is 1.80. The van der Waals surface area contributed by atoms with E-state index in [4.69, 9.17) is 5.73 Å². The summed E-state index contributed by atoms with van der Waals surface area (Å²) in [5.41, 5.74) is 6.02. The third kappa shape index (κ3) is 4.17. The van der Waals surface area contributed by atoms with Crippen LogP contribution in [0.2, 0.25) is 0 Å². The van der Waals surface area contributed by atoms with E-state index < -0.39 is 22.0 Å². The summed E-state index contributed by atoms with van der Waals surface area (Å²) in [7, 11) is -3.76. The Labute approximate surface area is 158 Å². The Kier molecular flexibility index (Phi) is 5.57. The lowest BCUT2D eigenvalue weighted by Gasteiger charge is -2.33. The summed E-state index contributed by atoms with van der Waals surface area (Å²) in [6.07, 6.45) is 1.94. The van der Waals surface area contributed by atoms with Gasteiger partial charge < -0.3 is 11.1 Å². The van der Waals surface area contributed by atoms with Gasteiger partial charge in [0.1, 0.15) is 6.04 Å². The average Bonchev–Trinajstić information content (AvgIpc) is 2.69. The Morgan fingerprint density at radius 1 is 1.00 bits per heavy atom. The van der Waals surface area contributed by atoms with Gasteiger partial charge in [0.05, 0.1) is 4.90 Å². The van der Waals surface area contributed by atoms with E-state index in [1.807, 2.05) is 0 Å². The number of primary amides is 1. The summed E-state index contributed by atoms with van der Waals surface area (Å²) >= 11 is 0. The summed E-state index contributed by atoms with van der Waals surface area (Å²) in [6.45, 7) is 0.302.